The summed E-state index contributed by atoms with van der Waals surface area (Å²) >= 11 is 0. The molecule has 0 bridgehead atoms. The number of methoxy groups -OCH3 is 1. The SMILES string of the molecule is C=C(NC)[C@H](C)OC.C=CCC(=C)CC(C)(C)C. The third kappa shape index (κ3) is 13.0. The number of ether oxygens (including phenoxy) is 1. The van der Waals surface area contributed by atoms with E-state index < -0.39 is 0 Å². The zero-order chi connectivity index (χ0) is 14.8. The fourth-order valence-corrected chi connectivity index (χ4v) is 1.37. The second-order valence-corrected chi connectivity index (χ2v) is 5.63. The molecule has 0 radical (unpaired) electrons. The van der Waals surface area contributed by atoms with Gasteiger partial charge in [0.2, 0.25) is 0 Å². The zero-order valence-corrected chi connectivity index (χ0v) is 13.1. The van der Waals surface area contributed by atoms with Gasteiger partial charge in [0.05, 0.1) is 6.10 Å². The number of hydrogen-bond donors (Lipinski definition) is 1. The molecule has 0 saturated heterocycles. The fourth-order valence-electron chi connectivity index (χ4n) is 1.37. The Bertz CT molecular complexity index is 261. The van der Waals surface area contributed by atoms with Gasteiger partial charge in [0.25, 0.3) is 0 Å². The van der Waals surface area contributed by atoms with Gasteiger partial charge in [-0.05, 0) is 25.2 Å². The third-order valence-corrected chi connectivity index (χ3v) is 2.38. The lowest BCUT2D eigenvalue weighted by atomic mass is 9.87. The number of allylic oxidation sites excluding steroid dienone is 2. The molecule has 0 aromatic heterocycles. The standard InChI is InChI=1S/C10H18.C6H13NO/c1-6-7-9(2)8-10(3,4)5;1-5(7-3)6(2)8-4/h6H,1-2,7-8H2,3-5H3;6-7H,1H2,2-4H3/t;6-/m.0/s1. The predicted octanol–water partition coefficient (Wildman–Crippen LogP) is 4.31. The minimum Gasteiger partial charge on any atom is -0.390 e. The Hall–Kier alpha value is -1.02. The number of rotatable bonds is 6. The van der Waals surface area contributed by atoms with E-state index in [1.54, 1.807) is 7.11 Å². The Balaban J connectivity index is 0. The van der Waals surface area contributed by atoms with Crippen LogP contribution in [-0.2, 0) is 4.74 Å². The van der Waals surface area contributed by atoms with Crippen molar-refractivity contribution in [2.24, 2.45) is 5.41 Å². The molecule has 0 aliphatic carbocycles. The van der Waals surface area contributed by atoms with E-state index in [2.05, 4.69) is 45.8 Å². The van der Waals surface area contributed by atoms with E-state index in [4.69, 9.17) is 4.74 Å². The first-order chi connectivity index (χ1) is 8.17. The summed E-state index contributed by atoms with van der Waals surface area (Å²) in [5.41, 5.74) is 2.56. The molecule has 0 amide bonds. The first-order valence-corrected chi connectivity index (χ1v) is 6.34. The Morgan fingerprint density at radius 3 is 2.06 bits per heavy atom. The quantitative estimate of drug-likeness (QED) is 0.712. The van der Waals surface area contributed by atoms with Gasteiger partial charge in [-0.3, -0.25) is 0 Å². The minimum absolute atomic E-state index is 0.111. The van der Waals surface area contributed by atoms with E-state index in [1.807, 2.05) is 20.0 Å². The largest absolute Gasteiger partial charge is 0.390 e. The molecule has 0 aliphatic rings. The van der Waals surface area contributed by atoms with E-state index in [9.17, 15) is 0 Å². The summed E-state index contributed by atoms with van der Waals surface area (Å²) in [6, 6.07) is 0. The van der Waals surface area contributed by atoms with Gasteiger partial charge in [0.15, 0.2) is 0 Å². The maximum Gasteiger partial charge on any atom is 0.0931 e. The topological polar surface area (TPSA) is 21.3 Å². The van der Waals surface area contributed by atoms with Crippen LogP contribution in [0.4, 0.5) is 0 Å². The molecule has 0 fully saturated rings. The van der Waals surface area contributed by atoms with Crippen molar-refractivity contribution in [3.05, 3.63) is 37.1 Å². The van der Waals surface area contributed by atoms with Gasteiger partial charge in [-0.1, -0.05) is 45.6 Å². The third-order valence-electron chi connectivity index (χ3n) is 2.38. The van der Waals surface area contributed by atoms with Crippen LogP contribution >= 0.6 is 0 Å². The first kappa shape index (κ1) is 19.3. The van der Waals surface area contributed by atoms with Crippen LogP contribution < -0.4 is 5.32 Å². The van der Waals surface area contributed by atoms with Crippen molar-refractivity contribution in [2.45, 2.75) is 46.6 Å². The number of hydrogen-bond acceptors (Lipinski definition) is 2. The van der Waals surface area contributed by atoms with Crippen LogP contribution in [0.3, 0.4) is 0 Å². The summed E-state index contributed by atoms with van der Waals surface area (Å²) in [5, 5.41) is 2.90. The summed E-state index contributed by atoms with van der Waals surface area (Å²) in [6.07, 6.45) is 4.07. The van der Waals surface area contributed by atoms with Crippen LogP contribution in [0.2, 0.25) is 0 Å². The van der Waals surface area contributed by atoms with Crippen molar-refractivity contribution in [1.29, 1.82) is 0 Å². The molecule has 0 spiro atoms. The van der Waals surface area contributed by atoms with Gasteiger partial charge < -0.3 is 10.1 Å². The van der Waals surface area contributed by atoms with Crippen molar-refractivity contribution in [2.75, 3.05) is 14.2 Å². The van der Waals surface area contributed by atoms with Crippen LogP contribution in [0.5, 0.6) is 0 Å². The van der Waals surface area contributed by atoms with Crippen LogP contribution in [0, 0.1) is 5.41 Å². The van der Waals surface area contributed by atoms with E-state index in [0.29, 0.717) is 5.41 Å². The average Bonchev–Trinajstić information content (AvgIpc) is 2.25. The molecule has 2 heteroatoms. The van der Waals surface area contributed by atoms with E-state index in [1.165, 1.54) is 5.57 Å². The molecular formula is C16H31NO. The molecule has 106 valence electrons. The van der Waals surface area contributed by atoms with E-state index in [-0.39, 0.29) is 6.10 Å². The molecule has 0 aromatic carbocycles. The Morgan fingerprint density at radius 2 is 1.83 bits per heavy atom. The van der Waals surface area contributed by atoms with Gasteiger partial charge in [0, 0.05) is 19.9 Å². The van der Waals surface area contributed by atoms with Crippen LogP contribution in [0.15, 0.2) is 37.1 Å². The summed E-state index contributed by atoms with van der Waals surface area (Å²) in [4.78, 5) is 0. The first-order valence-electron chi connectivity index (χ1n) is 6.34. The smallest absolute Gasteiger partial charge is 0.0931 e. The molecule has 0 heterocycles. The van der Waals surface area contributed by atoms with E-state index in [0.717, 1.165) is 18.5 Å². The predicted molar refractivity (Wildman–Crippen MR) is 82.7 cm³/mol. The highest BCUT2D eigenvalue weighted by molar-refractivity contribution is 5.02. The van der Waals surface area contributed by atoms with Gasteiger partial charge in [0.1, 0.15) is 0 Å². The molecule has 0 aromatic rings. The maximum absolute atomic E-state index is 4.94. The Morgan fingerprint density at radius 1 is 1.33 bits per heavy atom. The molecule has 1 atom stereocenters. The molecule has 2 nitrogen and oxygen atoms in total. The molecule has 18 heavy (non-hydrogen) atoms. The van der Waals surface area contributed by atoms with Crippen LogP contribution in [-0.4, -0.2) is 20.3 Å². The Labute approximate surface area is 114 Å². The summed E-state index contributed by atoms with van der Waals surface area (Å²) in [6.45, 7) is 19.9. The van der Waals surface area contributed by atoms with Crippen molar-refractivity contribution < 1.29 is 4.74 Å². The van der Waals surface area contributed by atoms with Crippen molar-refractivity contribution in [3.63, 3.8) is 0 Å². The fraction of sp³-hybridized carbons (Fsp3) is 0.625. The molecular weight excluding hydrogens is 222 g/mol. The highest BCUT2D eigenvalue weighted by Crippen LogP contribution is 2.24. The molecule has 0 saturated carbocycles. The van der Waals surface area contributed by atoms with Gasteiger partial charge in [-0.25, -0.2) is 0 Å². The van der Waals surface area contributed by atoms with E-state index >= 15 is 0 Å². The molecule has 0 aliphatic heterocycles. The summed E-state index contributed by atoms with van der Waals surface area (Å²) in [7, 11) is 3.49. The summed E-state index contributed by atoms with van der Waals surface area (Å²) in [5.74, 6) is 0. The molecule has 0 unspecified atom stereocenters. The summed E-state index contributed by atoms with van der Waals surface area (Å²) < 4.78 is 4.94. The lowest BCUT2D eigenvalue weighted by Gasteiger charge is -2.18. The maximum atomic E-state index is 4.94. The van der Waals surface area contributed by atoms with Crippen molar-refractivity contribution >= 4 is 0 Å². The normalized spacial score (nSPS) is 11.9. The average molecular weight is 253 g/mol. The van der Waals surface area contributed by atoms with Gasteiger partial charge >= 0.3 is 0 Å². The highest BCUT2D eigenvalue weighted by Gasteiger charge is 2.10. The number of nitrogens with one attached hydrogen (secondary N) is 1. The molecule has 0 rings (SSSR count). The second kappa shape index (κ2) is 9.95. The van der Waals surface area contributed by atoms with Gasteiger partial charge in [-0.15, -0.1) is 6.58 Å². The zero-order valence-electron chi connectivity index (χ0n) is 13.1. The molecule has 1 N–H and O–H groups in total. The van der Waals surface area contributed by atoms with Gasteiger partial charge in [-0.2, -0.15) is 0 Å². The van der Waals surface area contributed by atoms with Crippen LogP contribution in [0.1, 0.15) is 40.5 Å². The number of likely N-dealkylation sites (N-methyl/N-ethyl adjacent to an activating group) is 1. The van der Waals surface area contributed by atoms with Crippen molar-refractivity contribution in [1.82, 2.24) is 5.32 Å². The Kier molecular flexibility index (Phi) is 10.7. The minimum atomic E-state index is 0.111. The second-order valence-electron chi connectivity index (χ2n) is 5.63. The lowest BCUT2D eigenvalue weighted by Crippen LogP contribution is -2.18. The van der Waals surface area contributed by atoms with Crippen LogP contribution in [0.25, 0.3) is 0 Å². The monoisotopic (exact) mass is 253 g/mol. The highest BCUT2D eigenvalue weighted by atomic mass is 16.5. The lowest BCUT2D eigenvalue weighted by molar-refractivity contribution is 0.142. The van der Waals surface area contributed by atoms with Crippen molar-refractivity contribution in [3.8, 4) is 0 Å².